The van der Waals surface area contributed by atoms with E-state index in [0.717, 1.165) is 11.3 Å². The Labute approximate surface area is 122 Å². The maximum absolute atomic E-state index is 12.2. The fourth-order valence-corrected chi connectivity index (χ4v) is 3.20. The molecule has 1 aromatic carbocycles. The number of hydrogen-bond donors (Lipinski definition) is 1. The smallest absolute Gasteiger partial charge is 0.240 e. The molecule has 0 atom stereocenters. The lowest BCUT2D eigenvalue weighted by atomic mass is 9.86. The van der Waals surface area contributed by atoms with Crippen molar-refractivity contribution in [3.8, 4) is 5.75 Å². The summed E-state index contributed by atoms with van der Waals surface area (Å²) in [6, 6.07) is 4.89. The van der Waals surface area contributed by atoms with E-state index in [1.807, 2.05) is 27.7 Å². The first-order chi connectivity index (χ1) is 9.08. The molecule has 0 spiro atoms. The van der Waals surface area contributed by atoms with Gasteiger partial charge in [-0.2, -0.15) is 0 Å². The third-order valence-electron chi connectivity index (χ3n) is 2.76. The SMILES string of the molecule is CCOc1ccc(S(=O)(=O)NC(C)C)cc1C(C)(C)C. The quantitative estimate of drug-likeness (QED) is 0.909. The first-order valence-electron chi connectivity index (χ1n) is 6.87. The topological polar surface area (TPSA) is 55.4 Å². The molecule has 0 unspecified atom stereocenters. The van der Waals surface area contributed by atoms with E-state index in [-0.39, 0.29) is 16.4 Å². The third-order valence-corrected chi connectivity index (χ3v) is 4.42. The summed E-state index contributed by atoms with van der Waals surface area (Å²) in [5.74, 6) is 0.739. The summed E-state index contributed by atoms with van der Waals surface area (Å²) in [6.07, 6.45) is 0. The van der Waals surface area contributed by atoms with E-state index in [2.05, 4.69) is 4.72 Å². The second kappa shape index (κ2) is 6.14. The van der Waals surface area contributed by atoms with Crippen molar-refractivity contribution in [2.45, 2.75) is 57.9 Å². The highest BCUT2D eigenvalue weighted by atomic mass is 32.2. The Morgan fingerprint density at radius 1 is 1.25 bits per heavy atom. The first kappa shape index (κ1) is 17.0. The van der Waals surface area contributed by atoms with Gasteiger partial charge in [0.15, 0.2) is 0 Å². The van der Waals surface area contributed by atoms with Gasteiger partial charge in [0, 0.05) is 11.6 Å². The van der Waals surface area contributed by atoms with Crippen LogP contribution in [0.2, 0.25) is 0 Å². The Kier molecular flexibility index (Phi) is 5.21. The van der Waals surface area contributed by atoms with Gasteiger partial charge < -0.3 is 4.74 Å². The molecule has 5 heteroatoms. The van der Waals surface area contributed by atoms with E-state index >= 15 is 0 Å². The van der Waals surface area contributed by atoms with Gasteiger partial charge >= 0.3 is 0 Å². The minimum Gasteiger partial charge on any atom is -0.494 e. The second-order valence-corrected chi connectivity index (χ2v) is 7.83. The van der Waals surface area contributed by atoms with Crippen LogP contribution in [0.3, 0.4) is 0 Å². The van der Waals surface area contributed by atoms with Gasteiger partial charge in [0.1, 0.15) is 5.75 Å². The van der Waals surface area contributed by atoms with Crippen molar-refractivity contribution < 1.29 is 13.2 Å². The number of hydrogen-bond acceptors (Lipinski definition) is 3. The fraction of sp³-hybridized carbons (Fsp3) is 0.600. The molecule has 1 N–H and O–H groups in total. The second-order valence-electron chi connectivity index (χ2n) is 6.12. The Balaban J connectivity index is 3.33. The molecule has 0 aliphatic heterocycles. The van der Waals surface area contributed by atoms with Crippen molar-refractivity contribution in [1.29, 1.82) is 0 Å². The van der Waals surface area contributed by atoms with Crippen LogP contribution in [0, 0.1) is 0 Å². The number of ether oxygens (including phenoxy) is 1. The van der Waals surface area contributed by atoms with Crippen LogP contribution < -0.4 is 9.46 Å². The average molecular weight is 299 g/mol. The molecule has 0 heterocycles. The van der Waals surface area contributed by atoms with Crippen molar-refractivity contribution in [3.63, 3.8) is 0 Å². The zero-order valence-corrected chi connectivity index (χ0v) is 14.0. The van der Waals surface area contributed by atoms with Crippen LogP contribution in [0.1, 0.15) is 47.1 Å². The normalized spacial score (nSPS) is 12.8. The number of rotatable bonds is 5. The number of benzene rings is 1. The van der Waals surface area contributed by atoms with E-state index < -0.39 is 10.0 Å². The molecule has 0 bridgehead atoms. The summed E-state index contributed by atoms with van der Waals surface area (Å²) in [5.41, 5.74) is 0.708. The predicted octanol–water partition coefficient (Wildman–Crippen LogP) is 3.07. The highest BCUT2D eigenvalue weighted by Gasteiger charge is 2.23. The van der Waals surface area contributed by atoms with E-state index in [0.29, 0.717) is 6.61 Å². The number of sulfonamides is 1. The summed E-state index contributed by atoms with van der Waals surface area (Å²) in [5, 5.41) is 0. The molecule has 0 radical (unpaired) electrons. The van der Waals surface area contributed by atoms with Gasteiger partial charge in [-0.25, -0.2) is 13.1 Å². The molecule has 0 aliphatic rings. The van der Waals surface area contributed by atoms with Gasteiger partial charge in [0.05, 0.1) is 11.5 Å². The lowest BCUT2D eigenvalue weighted by Crippen LogP contribution is -2.30. The minimum atomic E-state index is -3.48. The van der Waals surface area contributed by atoms with Crippen LogP contribution in [-0.2, 0) is 15.4 Å². The van der Waals surface area contributed by atoms with Gasteiger partial charge in [0.25, 0.3) is 0 Å². The Hall–Kier alpha value is -1.07. The number of nitrogens with one attached hydrogen (secondary N) is 1. The molecule has 0 saturated heterocycles. The lowest BCUT2D eigenvalue weighted by Gasteiger charge is -2.23. The standard InChI is InChI=1S/C15H25NO3S/c1-7-19-14-9-8-12(10-13(14)15(4,5)6)20(17,18)16-11(2)3/h8-11,16H,7H2,1-6H3. The van der Waals surface area contributed by atoms with E-state index in [1.54, 1.807) is 32.0 Å². The molecule has 114 valence electrons. The maximum Gasteiger partial charge on any atom is 0.240 e. The van der Waals surface area contributed by atoms with Crippen LogP contribution in [-0.4, -0.2) is 21.1 Å². The molecule has 0 amide bonds. The van der Waals surface area contributed by atoms with Gasteiger partial charge in [-0.3, -0.25) is 0 Å². The average Bonchev–Trinajstić information content (AvgIpc) is 2.26. The zero-order valence-electron chi connectivity index (χ0n) is 13.1. The molecule has 0 saturated carbocycles. The predicted molar refractivity (Wildman–Crippen MR) is 81.8 cm³/mol. The Morgan fingerprint density at radius 3 is 2.30 bits per heavy atom. The Morgan fingerprint density at radius 2 is 1.85 bits per heavy atom. The molecule has 0 aliphatic carbocycles. The largest absolute Gasteiger partial charge is 0.494 e. The summed E-state index contributed by atoms with van der Waals surface area (Å²) in [4.78, 5) is 0.277. The molecule has 1 rings (SSSR count). The fourth-order valence-electron chi connectivity index (χ4n) is 1.92. The van der Waals surface area contributed by atoms with Crippen LogP contribution in [0.4, 0.5) is 0 Å². The van der Waals surface area contributed by atoms with Crippen LogP contribution in [0.5, 0.6) is 5.75 Å². The summed E-state index contributed by atoms with van der Waals surface area (Å²) in [7, 11) is -3.48. The molecule has 20 heavy (non-hydrogen) atoms. The van der Waals surface area contributed by atoms with Crippen molar-refractivity contribution in [2.24, 2.45) is 0 Å². The van der Waals surface area contributed by atoms with Crippen molar-refractivity contribution in [1.82, 2.24) is 4.72 Å². The summed E-state index contributed by atoms with van der Waals surface area (Å²) < 4.78 is 32.7. The zero-order chi connectivity index (χ0) is 15.6. The van der Waals surface area contributed by atoms with Crippen LogP contribution >= 0.6 is 0 Å². The van der Waals surface area contributed by atoms with Gasteiger partial charge in [-0.15, -0.1) is 0 Å². The monoisotopic (exact) mass is 299 g/mol. The molecule has 4 nitrogen and oxygen atoms in total. The van der Waals surface area contributed by atoms with Gasteiger partial charge in [0.2, 0.25) is 10.0 Å². The molecule has 0 aromatic heterocycles. The summed E-state index contributed by atoms with van der Waals surface area (Å²) >= 11 is 0. The highest BCUT2D eigenvalue weighted by molar-refractivity contribution is 7.89. The third kappa shape index (κ3) is 4.21. The molecular formula is C15H25NO3S. The molecule has 1 aromatic rings. The lowest BCUT2D eigenvalue weighted by molar-refractivity contribution is 0.329. The van der Waals surface area contributed by atoms with E-state index in [4.69, 9.17) is 4.74 Å². The minimum absolute atomic E-state index is 0.135. The van der Waals surface area contributed by atoms with Gasteiger partial charge in [-0.1, -0.05) is 20.8 Å². The highest BCUT2D eigenvalue weighted by Crippen LogP contribution is 2.33. The maximum atomic E-state index is 12.2. The first-order valence-corrected chi connectivity index (χ1v) is 8.36. The van der Waals surface area contributed by atoms with Crippen molar-refractivity contribution in [3.05, 3.63) is 23.8 Å². The summed E-state index contributed by atoms with van der Waals surface area (Å²) in [6.45, 7) is 12.2. The van der Waals surface area contributed by atoms with Crippen LogP contribution in [0.25, 0.3) is 0 Å². The van der Waals surface area contributed by atoms with E-state index in [9.17, 15) is 8.42 Å². The van der Waals surface area contributed by atoms with Crippen LogP contribution in [0.15, 0.2) is 23.1 Å². The van der Waals surface area contributed by atoms with E-state index in [1.165, 1.54) is 0 Å². The van der Waals surface area contributed by atoms with Crippen molar-refractivity contribution >= 4 is 10.0 Å². The Bertz CT molecular complexity index is 557. The molecular weight excluding hydrogens is 274 g/mol. The van der Waals surface area contributed by atoms with Gasteiger partial charge in [-0.05, 0) is 44.4 Å². The van der Waals surface area contributed by atoms with Crippen molar-refractivity contribution in [2.75, 3.05) is 6.61 Å². The molecule has 0 fully saturated rings.